The maximum absolute atomic E-state index is 4.30. The van der Waals surface area contributed by atoms with Gasteiger partial charge in [0, 0.05) is 18.0 Å². The van der Waals surface area contributed by atoms with Crippen molar-refractivity contribution >= 4 is 11.2 Å². The summed E-state index contributed by atoms with van der Waals surface area (Å²) in [7, 11) is 0. The second-order valence-electron chi connectivity index (χ2n) is 3.17. The summed E-state index contributed by atoms with van der Waals surface area (Å²) in [6.45, 7) is 0. The fourth-order valence-corrected chi connectivity index (χ4v) is 1.58. The van der Waals surface area contributed by atoms with Crippen molar-refractivity contribution < 1.29 is 0 Å². The molecule has 3 aromatic rings. The highest BCUT2D eigenvalue weighted by Crippen LogP contribution is 2.22. The molecule has 4 heteroatoms. The van der Waals surface area contributed by atoms with Crippen LogP contribution in [0.3, 0.4) is 0 Å². The van der Waals surface area contributed by atoms with Crippen LogP contribution in [-0.2, 0) is 0 Å². The molecule has 0 aromatic carbocycles. The van der Waals surface area contributed by atoms with Crippen LogP contribution in [0.2, 0.25) is 0 Å². The first-order valence-electron chi connectivity index (χ1n) is 4.64. The largest absolute Gasteiger partial charge is 0.343 e. The summed E-state index contributed by atoms with van der Waals surface area (Å²) in [5.74, 6) is 0. The van der Waals surface area contributed by atoms with Crippen molar-refractivity contribution in [3.63, 3.8) is 0 Å². The second-order valence-corrected chi connectivity index (χ2v) is 3.17. The smallest absolute Gasteiger partial charge is 0.178 e. The van der Waals surface area contributed by atoms with Gasteiger partial charge in [-0.15, -0.1) is 0 Å². The number of hydrogen-bond acceptors (Lipinski definition) is 3. The number of pyridine rings is 2. The molecule has 1 N–H and O–H groups in total. The fourth-order valence-electron chi connectivity index (χ4n) is 1.58. The zero-order valence-corrected chi connectivity index (χ0v) is 7.88. The topological polar surface area (TPSA) is 54.5 Å². The molecule has 4 nitrogen and oxygen atoms in total. The molecule has 0 aliphatic heterocycles. The van der Waals surface area contributed by atoms with Crippen LogP contribution in [0, 0.1) is 0 Å². The Morgan fingerprint density at radius 2 is 1.93 bits per heavy atom. The van der Waals surface area contributed by atoms with Crippen molar-refractivity contribution in [2.24, 2.45) is 0 Å². The van der Waals surface area contributed by atoms with E-state index in [0.717, 1.165) is 22.4 Å². The third kappa shape index (κ3) is 1.27. The number of H-pyrrole nitrogens is 1. The molecule has 0 aliphatic rings. The number of aromatic amines is 1. The van der Waals surface area contributed by atoms with Gasteiger partial charge in [0.2, 0.25) is 0 Å². The molecule has 3 aromatic heterocycles. The van der Waals surface area contributed by atoms with Gasteiger partial charge in [-0.2, -0.15) is 0 Å². The summed E-state index contributed by atoms with van der Waals surface area (Å²) in [6, 6.07) is 7.76. The van der Waals surface area contributed by atoms with Crippen molar-refractivity contribution in [3.8, 4) is 11.3 Å². The van der Waals surface area contributed by atoms with Gasteiger partial charge >= 0.3 is 0 Å². The number of hydrogen-bond donors (Lipinski definition) is 1. The molecule has 3 heterocycles. The standard InChI is InChI=1S/C11H8N4/c1-2-5-12-9(3-1)8-4-6-13-11-10(8)14-7-15-11/h1-7H,(H,13,14,15). The Morgan fingerprint density at radius 3 is 2.80 bits per heavy atom. The molecule has 0 fully saturated rings. The van der Waals surface area contributed by atoms with Gasteiger partial charge in [-0.05, 0) is 18.2 Å². The maximum atomic E-state index is 4.30. The van der Waals surface area contributed by atoms with Gasteiger partial charge in [-0.25, -0.2) is 9.97 Å². The minimum atomic E-state index is 0.721. The Balaban J connectivity index is 2.31. The molecule has 0 radical (unpaired) electrons. The van der Waals surface area contributed by atoms with Crippen molar-refractivity contribution in [2.45, 2.75) is 0 Å². The molecule has 0 unspecified atom stereocenters. The van der Waals surface area contributed by atoms with Crippen LogP contribution in [-0.4, -0.2) is 19.9 Å². The van der Waals surface area contributed by atoms with Crippen LogP contribution >= 0.6 is 0 Å². The highest BCUT2D eigenvalue weighted by atomic mass is 14.9. The molecule has 15 heavy (non-hydrogen) atoms. The highest BCUT2D eigenvalue weighted by molar-refractivity contribution is 5.87. The highest BCUT2D eigenvalue weighted by Gasteiger charge is 2.06. The molecule has 0 saturated carbocycles. The lowest BCUT2D eigenvalue weighted by atomic mass is 10.1. The number of fused-ring (bicyclic) bond motifs is 1. The Labute approximate surface area is 86.0 Å². The van der Waals surface area contributed by atoms with Crippen LogP contribution in [0.25, 0.3) is 22.4 Å². The van der Waals surface area contributed by atoms with Crippen LogP contribution in [0.4, 0.5) is 0 Å². The van der Waals surface area contributed by atoms with Gasteiger partial charge in [0.1, 0.15) is 0 Å². The quantitative estimate of drug-likeness (QED) is 0.647. The van der Waals surface area contributed by atoms with E-state index in [1.54, 1.807) is 18.7 Å². The zero-order valence-electron chi connectivity index (χ0n) is 7.88. The monoisotopic (exact) mass is 196 g/mol. The summed E-state index contributed by atoms with van der Waals surface area (Å²) >= 11 is 0. The molecule has 0 amide bonds. The lowest BCUT2D eigenvalue weighted by molar-refractivity contribution is 1.30. The van der Waals surface area contributed by atoms with E-state index in [4.69, 9.17) is 0 Å². The SMILES string of the molecule is c1ccc(-c2ccnc3nc[nH]c23)nc1. The Hall–Kier alpha value is -2.23. The van der Waals surface area contributed by atoms with Gasteiger partial charge in [0.25, 0.3) is 0 Å². The first kappa shape index (κ1) is 8.11. The van der Waals surface area contributed by atoms with E-state index in [9.17, 15) is 0 Å². The van der Waals surface area contributed by atoms with E-state index in [-0.39, 0.29) is 0 Å². The first-order chi connectivity index (χ1) is 7.45. The minimum absolute atomic E-state index is 0.721. The first-order valence-corrected chi connectivity index (χ1v) is 4.64. The van der Waals surface area contributed by atoms with E-state index in [1.807, 2.05) is 24.3 Å². The van der Waals surface area contributed by atoms with E-state index in [0.29, 0.717) is 0 Å². The molecular formula is C11H8N4. The van der Waals surface area contributed by atoms with Crippen LogP contribution in [0.5, 0.6) is 0 Å². The summed E-state index contributed by atoms with van der Waals surface area (Å²) in [5, 5.41) is 0. The molecule has 3 rings (SSSR count). The molecule has 0 spiro atoms. The lowest BCUT2D eigenvalue weighted by Gasteiger charge is -2.00. The average molecular weight is 196 g/mol. The second kappa shape index (κ2) is 3.16. The third-order valence-electron chi connectivity index (χ3n) is 2.27. The Kier molecular flexibility index (Phi) is 1.71. The van der Waals surface area contributed by atoms with Crippen LogP contribution < -0.4 is 0 Å². The van der Waals surface area contributed by atoms with E-state index < -0.39 is 0 Å². The number of aromatic nitrogens is 4. The average Bonchev–Trinajstić information content (AvgIpc) is 2.78. The molecule has 0 bridgehead atoms. The number of nitrogens with zero attached hydrogens (tertiary/aromatic N) is 3. The van der Waals surface area contributed by atoms with Gasteiger partial charge in [0.05, 0.1) is 17.5 Å². The molecule has 0 saturated heterocycles. The van der Waals surface area contributed by atoms with Gasteiger partial charge in [-0.3, -0.25) is 4.98 Å². The molecule has 0 atom stereocenters. The Bertz CT molecular complexity index is 586. The van der Waals surface area contributed by atoms with Gasteiger partial charge in [-0.1, -0.05) is 6.07 Å². The van der Waals surface area contributed by atoms with Crippen molar-refractivity contribution in [2.75, 3.05) is 0 Å². The minimum Gasteiger partial charge on any atom is -0.343 e. The van der Waals surface area contributed by atoms with E-state index >= 15 is 0 Å². The normalized spacial score (nSPS) is 10.7. The van der Waals surface area contributed by atoms with Gasteiger partial charge < -0.3 is 4.98 Å². The summed E-state index contributed by atoms with van der Waals surface area (Å²) in [4.78, 5) is 15.6. The third-order valence-corrected chi connectivity index (χ3v) is 2.27. The zero-order chi connectivity index (χ0) is 10.1. The predicted molar refractivity (Wildman–Crippen MR) is 57.1 cm³/mol. The lowest BCUT2D eigenvalue weighted by Crippen LogP contribution is -1.85. The summed E-state index contributed by atoms with van der Waals surface area (Å²) in [5.41, 5.74) is 3.60. The number of nitrogens with one attached hydrogen (secondary N) is 1. The maximum Gasteiger partial charge on any atom is 0.178 e. The van der Waals surface area contributed by atoms with Crippen molar-refractivity contribution in [3.05, 3.63) is 43.0 Å². The van der Waals surface area contributed by atoms with Gasteiger partial charge in [0.15, 0.2) is 5.65 Å². The van der Waals surface area contributed by atoms with E-state index in [2.05, 4.69) is 19.9 Å². The molecular weight excluding hydrogens is 188 g/mol. The summed E-state index contributed by atoms with van der Waals surface area (Å²) in [6.07, 6.45) is 5.16. The fraction of sp³-hybridized carbons (Fsp3) is 0. The molecule has 72 valence electrons. The van der Waals surface area contributed by atoms with E-state index in [1.165, 1.54) is 0 Å². The van der Waals surface area contributed by atoms with Crippen LogP contribution in [0.15, 0.2) is 43.0 Å². The van der Waals surface area contributed by atoms with Crippen LogP contribution in [0.1, 0.15) is 0 Å². The summed E-state index contributed by atoms with van der Waals surface area (Å²) < 4.78 is 0. The number of imidazole rings is 1. The van der Waals surface area contributed by atoms with Crippen molar-refractivity contribution in [1.82, 2.24) is 19.9 Å². The predicted octanol–water partition coefficient (Wildman–Crippen LogP) is 2.02. The Morgan fingerprint density at radius 1 is 0.933 bits per heavy atom. The van der Waals surface area contributed by atoms with Crippen molar-refractivity contribution in [1.29, 1.82) is 0 Å². The molecule has 0 aliphatic carbocycles. The number of rotatable bonds is 1.